The zero-order chi connectivity index (χ0) is 17.6. The Kier molecular flexibility index (Phi) is 4.99. The maximum absolute atomic E-state index is 12.2. The van der Waals surface area contributed by atoms with Crippen LogP contribution in [0.25, 0.3) is 5.69 Å². The first kappa shape index (κ1) is 16.6. The minimum Gasteiger partial charge on any atom is -0.497 e. The average Bonchev–Trinajstić information content (AvgIpc) is 3.16. The second-order valence-corrected chi connectivity index (χ2v) is 5.61. The lowest BCUT2D eigenvalue weighted by molar-refractivity contribution is 0.249. The number of amides is 2. The monoisotopic (exact) mass is 336 g/mol. The van der Waals surface area contributed by atoms with Crippen LogP contribution in [-0.4, -0.2) is 22.7 Å². The molecule has 0 aliphatic heterocycles. The van der Waals surface area contributed by atoms with Crippen LogP contribution in [0.15, 0.2) is 67.3 Å². The molecule has 25 heavy (non-hydrogen) atoms. The van der Waals surface area contributed by atoms with E-state index < -0.39 is 0 Å². The van der Waals surface area contributed by atoms with E-state index in [1.54, 1.807) is 25.7 Å². The minimum atomic E-state index is -0.264. The van der Waals surface area contributed by atoms with Crippen LogP contribution < -0.4 is 15.4 Å². The number of nitrogens with zero attached hydrogens (tertiary/aromatic N) is 2. The molecule has 6 heteroatoms. The maximum atomic E-state index is 12.2. The van der Waals surface area contributed by atoms with Crippen molar-refractivity contribution in [3.8, 4) is 11.4 Å². The Hall–Kier alpha value is -3.28. The average molecular weight is 336 g/mol. The van der Waals surface area contributed by atoms with Gasteiger partial charge in [0, 0.05) is 29.8 Å². The molecule has 1 unspecified atom stereocenters. The molecule has 3 rings (SSSR count). The molecule has 0 fully saturated rings. The van der Waals surface area contributed by atoms with E-state index >= 15 is 0 Å². The molecule has 0 saturated carbocycles. The summed E-state index contributed by atoms with van der Waals surface area (Å²) in [4.78, 5) is 16.2. The van der Waals surface area contributed by atoms with Crippen molar-refractivity contribution < 1.29 is 9.53 Å². The first-order chi connectivity index (χ1) is 12.2. The van der Waals surface area contributed by atoms with E-state index in [2.05, 4.69) is 15.6 Å². The van der Waals surface area contributed by atoms with Gasteiger partial charge in [0.25, 0.3) is 0 Å². The lowest BCUT2D eigenvalue weighted by Crippen LogP contribution is -2.31. The third-order valence-electron chi connectivity index (χ3n) is 3.87. The van der Waals surface area contributed by atoms with Gasteiger partial charge in [-0.05, 0) is 36.8 Å². The van der Waals surface area contributed by atoms with E-state index in [1.807, 2.05) is 60.2 Å². The first-order valence-electron chi connectivity index (χ1n) is 7.95. The van der Waals surface area contributed by atoms with Crippen molar-refractivity contribution in [2.45, 2.75) is 13.0 Å². The molecule has 1 heterocycles. The molecule has 2 amide bonds. The Morgan fingerprint density at radius 1 is 1.20 bits per heavy atom. The normalized spacial score (nSPS) is 11.6. The van der Waals surface area contributed by atoms with E-state index in [0.717, 1.165) is 11.3 Å². The van der Waals surface area contributed by atoms with Crippen LogP contribution in [0.1, 0.15) is 18.5 Å². The van der Waals surface area contributed by atoms with Gasteiger partial charge in [-0.2, -0.15) is 0 Å². The van der Waals surface area contributed by atoms with Crippen LogP contribution in [0.5, 0.6) is 5.75 Å². The van der Waals surface area contributed by atoms with E-state index in [4.69, 9.17) is 4.74 Å². The molecule has 2 aromatic carbocycles. The second kappa shape index (κ2) is 7.53. The molecule has 1 aromatic heterocycles. The van der Waals surface area contributed by atoms with Crippen LogP contribution in [-0.2, 0) is 0 Å². The predicted molar refractivity (Wildman–Crippen MR) is 97.1 cm³/mol. The molecular weight excluding hydrogens is 316 g/mol. The van der Waals surface area contributed by atoms with Crippen molar-refractivity contribution in [3.05, 3.63) is 72.8 Å². The van der Waals surface area contributed by atoms with Crippen molar-refractivity contribution in [2.75, 3.05) is 12.4 Å². The third kappa shape index (κ3) is 4.17. The Bertz CT molecular complexity index is 829. The van der Waals surface area contributed by atoms with Crippen molar-refractivity contribution in [1.29, 1.82) is 0 Å². The molecular formula is C19H20N4O2. The number of anilines is 1. The van der Waals surface area contributed by atoms with Gasteiger partial charge in [-0.15, -0.1) is 0 Å². The number of imidazole rings is 1. The first-order valence-corrected chi connectivity index (χ1v) is 7.95. The smallest absolute Gasteiger partial charge is 0.319 e. The van der Waals surface area contributed by atoms with Gasteiger partial charge in [0.1, 0.15) is 5.75 Å². The van der Waals surface area contributed by atoms with E-state index in [9.17, 15) is 4.79 Å². The van der Waals surface area contributed by atoms with Crippen LogP contribution in [0.4, 0.5) is 10.5 Å². The summed E-state index contributed by atoms with van der Waals surface area (Å²) >= 11 is 0. The van der Waals surface area contributed by atoms with Gasteiger partial charge in [0.15, 0.2) is 0 Å². The summed E-state index contributed by atoms with van der Waals surface area (Å²) in [5.41, 5.74) is 2.72. The highest BCUT2D eigenvalue weighted by atomic mass is 16.5. The van der Waals surface area contributed by atoms with Gasteiger partial charge in [-0.25, -0.2) is 9.78 Å². The topological polar surface area (TPSA) is 68.2 Å². The number of nitrogens with one attached hydrogen (secondary N) is 2. The molecule has 0 aliphatic rings. The third-order valence-corrected chi connectivity index (χ3v) is 3.87. The maximum Gasteiger partial charge on any atom is 0.319 e. The number of aromatic nitrogens is 2. The molecule has 0 radical (unpaired) electrons. The van der Waals surface area contributed by atoms with E-state index in [-0.39, 0.29) is 12.1 Å². The van der Waals surface area contributed by atoms with Gasteiger partial charge >= 0.3 is 6.03 Å². The predicted octanol–water partition coefficient (Wildman–Crippen LogP) is 3.76. The highest BCUT2D eigenvalue weighted by molar-refractivity contribution is 5.89. The highest BCUT2D eigenvalue weighted by Gasteiger charge is 2.10. The van der Waals surface area contributed by atoms with Gasteiger partial charge in [0.2, 0.25) is 0 Å². The fourth-order valence-electron chi connectivity index (χ4n) is 2.49. The largest absolute Gasteiger partial charge is 0.497 e. The Labute approximate surface area is 146 Å². The van der Waals surface area contributed by atoms with Crippen LogP contribution in [0.2, 0.25) is 0 Å². The standard InChI is InChI=1S/C19H20N4O2/c1-14(15-6-8-17(9-7-15)23-11-10-20-13-23)21-19(24)22-16-4-3-5-18(12-16)25-2/h3-14H,1-2H3,(H2,21,22,24). The summed E-state index contributed by atoms with van der Waals surface area (Å²) in [6.07, 6.45) is 5.37. The molecule has 6 nitrogen and oxygen atoms in total. The molecule has 2 N–H and O–H groups in total. The minimum absolute atomic E-state index is 0.123. The highest BCUT2D eigenvalue weighted by Crippen LogP contribution is 2.18. The molecule has 0 spiro atoms. The number of rotatable bonds is 5. The molecule has 128 valence electrons. The summed E-state index contributed by atoms with van der Waals surface area (Å²) in [6.45, 7) is 1.94. The quantitative estimate of drug-likeness (QED) is 0.745. The summed E-state index contributed by atoms with van der Waals surface area (Å²) in [6, 6.07) is 14.8. The summed E-state index contributed by atoms with van der Waals surface area (Å²) in [7, 11) is 1.59. The number of methoxy groups -OCH3 is 1. The lowest BCUT2D eigenvalue weighted by atomic mass is 10.1. The number of benzene rings is 2. The Morgan fingerprint density at radius 3 is 2.68 bits per heavy atom. The van der Waals surface area contributed by atoms with Gasteiger partial charge in [-0.1, -0.05) is 18.2 Å². The number of ether oxygens (including phenoxy) is 1. The van der Waals surface area contributed by atoms with E-state index in [0.29, 0.717) is 11.4 Å². The zero-order valence-electron chi connectivity index (χ0n) is 14.1. The number of carbonyl (C=O) groups excluding carboxylic acids is 1. The van der Waals surface area contributed by atoms with Gasteiger partial charge in [0.05, 0.1) is 19.5 Å². The van der Waals surface area contributed by atoms with Crippen molar-refractivity contribution >= 4 is 11.7 Å². The molecule has 1 atom stereocenters. The molecule has 0 aliphatic carbocycles. The number of hydrogen-bond acceptors (Lipinski definition) is 3. The van der Waals surface area contributed by atoms with E-state index in [1.165, 1.54) is 0 Å². The summed E-state index contributed by atoms with van der Waals surface area (Å²) < 4.78 is 7.08. The zero-order valence-corrected chi connectivity index (χ0v) is 14.1. The lowest BCUT2D eigenvalue weighted by Gasteiger charge is -2.16. The molecule has 0 bridgehead atoms. The van der Waals surface area contributed by atoms with Crippen LogP contribution >= 0.6 is 0 Å². The molecule has 0 saturated heterocycles. The Balaban J connectivity index is 1.61. The SMILES string of the molecule is COc1cccc(NC(=O)NC(C)c2ccc(-n3ccnc3)cc2)c1. The van der Waals surface area contributed by atoms with Crippen molar-refractivity contribution in [2.24, 2.45) is 0 Å². The summed E-state index contributed by atoms with van der Waals surface area (Å²) in [5, 5.41) is 5.73. The molecule has 3 aromatic rings. The fraction of sp³-hybridized carbons (Fsp3) is 0.158. The number of hydrogen-bond donors (Lipinski definition) is 2. The second-order valence-electron chi connectivity index (χ2n) is 5.61. The fourth-order valence-corrected chi connectivity index (χ4v) is 2.49. The number of urea groups is 1. The summed E-state index contributed by atoms with van der Waals surface area (Å²) in [5.74, 6) is 0.695. The van der Waals surface area contributed by atoms with Crippen LogP contribution in [0, 0.1) is 0 Å². The Morgan fingerprint density at radius 2 is 2.00 bits per heavy atom. The van der Waals surface area contributed by atoms with Crippen LogP contribution in [0.3, 0.4) is 0 Å². The van der Waals surface area contributed by atoms with Gasteiger partial charge < -0.3 is 19.9 Å². The number of carbonyl (C=O) groups is 1. The van der Waals surface area contributed by atoms with Crippen molar-refractivity contribution in [1.82, 2.24) is 14.9 Å². The van der Waals surface area contributed by atoms with Gasteiger partial charge in [-0.3, -0.25) is 0 Å². The van der Waals surface area contributed by atoms with Crippen molar-refractivity contribution in [3.63, 3.8) is 0 Å².